The van der Waals surface area contributed by atoms with Crippen LogP contribution in [0.25, 0.3) is 0 Å². The van der Waals surface area contributed by atoms with Crippen molar-refractivity contribution >= 4 is 11.9 Å². The van der Waals surface area contributed by atoms with E-state index in [9.17, 15) is 9.59 Å². The number of carbonyl (C=O) groups is 2. The largest absolute Gasteiger partial charge is 0.481 e. The predicted molar refractivity (Wildman–Crippen MR) is 98.3 cm³/mol. The van der Waals surface area contributed by atoms with E-state index in [4.69, 9.17) is 10.2 Å². The van der Waals surface area contributed by atoms with Crippen LogP contribution in [-0.4, -0.2) is 22.2 Å². The average molecular weight is 408 g/mol. The van der Waals surface area contributed by atoms with Crippen LogP contribution in [-0.2, 0) is 29.1 Å². The number of rotatable bonds is 18. The molecule has 0 aliphatic carbocycles. The summed E-state index contributed by atoms with van der Waals surface area (Å²) in [6.07, 6.45) is 18.0. The van der Waals surface area contributed by atoms with Gasteiger partial charge in [-0.2, -0.15) is 0 Å². The second-order valence-corrected chi connectivity index (χ2v) is 7.02. The predicted octanol–water partition coefficient (Wildman–Crippen LogP) is 6.03. The molecule has 4 nitrogen and oxygen atoms in total. The van der Waals surface area contributed by atoms with Gasteiger partial charge in [-0.3, -0.25) is 9.59 Å². The Morgan fingerprint density at radius 2 is 1.04 bits per heavy atom. The fourth-order valence-electron chi connectivity index (χ4n) is 3.11. The van der Waals surface area contributed by atoms with Crippen LogP contribution in [0, 0.1) is 5.92 Å². The molecule has 0 bridgehead atoms. The van der Waals surface area contributed by atoms with E-state index in [0.717, 1.165) is 19.3 Å². The standard InChI is InChI=1S/C20H38O4.Zn/c1-2-3-4-5-6-7-8-9-10-11-12-13-14-15-16-18(20(23)24)17-19(21)22;/h18H,2-17H2,1H3,(H,21,22)(H,23,24);. The molecule has 1 unspecified atom stereocenters. The third-order valence-electron chi connectivity index (χ3n) is 4.68. The van der Waals surface area contributed by atoms with Gasteiger partial charge in [-0.25, -0.2) is 0 Å². The second kappa shape index (κ2) is 19.9. The number of hydrogen-bond acceptors (Lipinski definition) is 2. The third kappa shape index (κ3) is 19.7. The van der Waals surface area contributed by atoms with Crippen LogP contribution in [0.2, 0.25) is 0 Å². The molecule has 0 saturated carbocycles. The van der Waals surface area contributed by atoms with Gasteiger partial charge in [0, 0.05) is 19.5 Å². The van der Waals surface area contributed by atoms with Gasteiger partial charge in [0.1, 0.15) is 0 Å². The van der Waals surface area contributed by atoms with Gasteiger partial charge in [0.2, 0.25) is 0 Å². The Morgan fingerprint density at radius 1 is 0.680 bits per heavy atom. The number of hydrogen-bond donors (Lipinski definition) is 2. The average Bonchev–Trinajstić information content (AvgIpc) is 2.53. The summed E-state index contributed by atoms with van der Waals surface area (Å²) in [5, 5.41) is 17.6. The summed E-state index contributed by atoms with van der Waals surface area (Å²) in [5.74, 6) is -2.72. The Labute approximate surface area is 166 Å². The molecule has 144 valence electrons. The monoisotopic (exact) mass is 406 g/mol. The molecule has 2 N–H and O–H groups in total. The Morgan fingerprint density at radius 3 is 1.36 bits per heavy atom. The molecule has 0 saturated heterocycles. The fourth-order valence-corrected chi connectivity index (χ4v) is 3.11. The summed E-state index contributed by atoms with van der Waals surface area (Å²) in [4.78, 5) is 21.5. The minimum Gasteiger partial charge on any atom is -0.481 e. The molecule has 0 aromatic rings. The second-order valence-electron chi connectivity index (χ2n) is 7.02. The van der Waals surface area contributed by atoms with Gasteiger partial charge in [-0.05, 0) is 6.42 Å². The van der Waals surface area contributed by atoms with E-state index in [0.29, 0.717) is 6.42 Å². The van der Waals surface area contributed by atoms with Crippen LogP contribution in [0.3, 0.4) is 0 Å². The first-order valence-electron chi connectivity index (χ1n) is 10.0. The Hall–Kier alpha value is -0.437. The first kappa shape index (κ1) is 26.8. The molecule has 0 rings (SSSR count). The Kier molecular flexibility index (Phi) is 21.3. The van der Waals surface area contributed by atoms with E-state index in [-0.39, 0.29) is 25.9 Å². The summed E-state index contributed by atoms with van der Waals surface area (Å²) in [7, 11) is 0. The summed E-state index contributed by atoms with van der Waals surface area (Å²) < 4.78 is 0. The number of carboxylic acids is 2. The van der Waals surface area contributed by atoms with Crippen LogP contribution < -0.4 is 0 Å². The van der Waals surface area contributed by atoms with Gasteiger partial charge in [-0.15, -0.1) is 0 Å². The zero-order chi connectivity index (χ0) is 18.0. The molecular formula is C20H38O4Zn. The summed E-state index contributed by atoms with van der Waals surface area (Å²) in [6, 6.07) is 0. The molecule has 0 radical (unpaired) electrons. The molecule has 0 amide bonds. The van der Waals surface area contributed by atoms with E-state index in [1.165, 1.54) is 70.6 Å². The molecular weight excluding hydrogens is 370 g/mol. The normalized spacial score (nSPS) is 11.7. The molecule has 25 heavy (non-hydrogen) atoms. The summed E-state index contributed by atoms with van der Waals surface area (Å²) >= 11 is 0. The van der Waals surface area contributed by atoms with Gasteiger partial charge in [0.05, 0.1) is 12.3 Å². The maximum absolute atomic E-state index is 10.9. The van der Waals surface area contributed by atoms with E-state index < -0.39 is 17.9 Å². The van der Waals surface area contributed by atoms with Crippen molar-refractivity contribution in [2.24, 2.45) is 5.92 Å². The van der Waals surface area contributed by atoms with Crippen LogP contribution in [0.4, 0.5) is 0 Å². The van der Waals surface area contributed by atoms with Gasteiger partial charge in [-0.1, -0.05) is 96.8 Å². The van der Waals surface area contributed by atoms with E-state index in [2.05, 4.69) is 6.92 Å². The van der Waals surface area contributed by atoms with Crippen LogP contribution in [0.5, 0.6) is 0 Å². The topological polar surface area (TPSA) is 74.6 Å². The van der Waals surface area contributed by atoms with Crippen molar-refractivity contribution < 1.29 is 39.3 Å². The first-order chi connectivity index (χ1) is 11.6. The van der Waals surface area contributed by atoms with Crippen molar-refractivity contribution in [2.75, 3.05) is 0 Å². The minimum atomic E-state index is -1.02. The fraction of sp³-hybridized carbons (Fsp3) is 0.900. The van der Waals surface area contributed by atoms with Crippen LogP contribution >= 0.6 is 0 Å². The number of unbranched alkanes of at least 4 members (excludes halogenated alkanes) is 13. The molecule has 0 aliphatic heterocycles. The molecule has 0 aromatic heterocycles. The van der Waals surface area contributed by atoms with Crippen molar-refractivity contribution in [3.05, 3.63) is 0 Å². The quantitative estimate of drug-likeness (QED) is 0.215. The minimum absolute atomic E-state index is 0. The molecule has 0 heterocycles. The molecule has 0 spiro atoms. The van der Waals surface area contributed by atoms with E-state index in [1.54, 1.807) is 0 Å². The van der Waals surface area contributed by atoms with Gasteiger partial charge in [0.25, 0.3) is 0 Å². The van der Waals surface area contributed by atoms with Gasteiger partial charge >= 0.3 is 11.9 Å². The number of carboxylic acid groups (broad SMARTS) is 2. The zero-order valence-corrected chi connectivity index (χ0v) is 19.3. The summed E-state index contributed by atoms with van der Waals surface area (Å²) in [6.45, 7) is 2.25. The molecule has 5 heteroatoms. The summed E-state index contributed by atoms with van der Waals surface area (Å²) in [5.41, 5.74) is 0. The van der Waals surface area contributed by atoms with E-state index in [1.807, 2.05) is 0 Å². The van der Waals surface area contributed by atoms with Crippen LogP contribution in [0.15, 0.2) is 0 Å². The molecule has 0 aromatic carbocycles. The SMILES string of the molecule is CCCCCCCCCCCCCCCCC(CC(=O)O)C(=O)O.[Zn]. The number of aliphatic carboxylic acids is 2. The molecule has 0 aliphatic rings. The van der Waals surface area contributed by atoms with Gasteiger partial charge < -0.3 is 10.2 Å². The van der Waals surface area contributed by atoms with Crippen molar-refractivity contribution in [3.8, 4) is 0 Å². The van der Waals surface area contributed by atoms with Crippen molar-refractivity contribution in [1.29, 1.82) is 0 Å². The maximum Gasteiger partial charge on any atom is 0.307 e. The maximum atomic E-state index is 10.9. The van der Waals surface area contributed by atoms with Crippen molar-refractivity contribution in [1.82, 2.24) is 0 Å². The third-order valence-corrected chi connectivity index (χ3v) is 4.68. The van der Waals surface area contributed by atoms with Crippen molar-refractivity contribution in [2.45, 2.75) is 110 Å². The van der Waals surface area contributed by atoms with Gasteiger partial charge in [0.15, 0.2) is 0 Å². The molecule has 0 fully saturated rings. The molecule has 1 atom stereocenters. The Bertz CT molecular complexity index is 321. The van der Waals surface area contributed by atoms with Crippen molar-refractivity contribution in [3.63, 3.8) is 0 Å². The van der Waals surface area contributed by atoms with E-state index >= 15 is 0 Å². The Balaban J connectivity index is 0. The van der Waals surface area contributed by atoms with Crippen LogP contribution in [0.1, 0.15) is 110 Å². The first-order valence-corrected chi connectivity index (χ1v) is 10.0. The smallest absolute Gasteiger partial charge is 0.307 e. The zero-order valence-electron chi connectivity index (χ0n) is 16.3.